The van der Waals surface area contributed by atoms with Crippen LogP contribution < -0.4 is 15.4 Å². The van der Waals surface area contributed by atoms with Gasteiger partial charge in [-0.15, -0.1) is 0 Å². The number of ether oxygens (including phenoxy) is 1. The van der Waals surface area contributed by atoms with Gasteiger partial charge in [0, 0.05) is 18.9 Å². The lowest BCUT2D eigenvalue weighted by atomic mass is 10.1. The lowest BCUT2D eigenvalue weighted by Crippen LogP contribution is -2.33. The zero-order valence-corrected chi connectivity index (χ0v) is 17.8. The van der Waals surface area contributed by atoms with Crippen LogP contribution in [0, 0.1) is 0 Å². The van der Waals surface area contributed by atoms with Gasteiger partial charge >= 0.3 is 0 Å². The van der Waals surface area contributed by atoms with E-state index in [-0.39, 0.29) is 11.8 Å². The van der Waals surface area contributed by atoms with E-state index in [0.717, 1.165) is 12.0 Å². The van der Waals surface area contributed by atoms with Crippen molar-refractivity contribution in [1.82, 2.24) is 10.3 Å². The van der Waals surface area contributed by atoms with E-state index in [0.29, 0.717) is 30.0 Å². The van der Waals surface area contributed by atoms with Crippen LogP contribution in [0.5, 0.6) is 5.75 Å². The van der Waals surface area contributed by atoms with Gasteiger partial charge in [0.15, 0.2) is 6.10 Å². The number of rotatable bonds is 9. The minimum atomic E-state index is -0.668. The fraction of sp³-hybridized carbons (Fsp3) is 0.240. The molecule has 160 valence electrons. The number of nitrogens with zero attached hydrogens (tertiary/aromatic N) is 1. The summed E-state index contributed by atoms with van der Waals surface area (Å²) in [4.78, 5) is 29.6. The highest BCUT2D eigenvalue weighted by Crippen LogP contribution is 2.19. The molecule has 1 heterocycles. The summed E-state index contributed by atoms with van der Waals surface area (Å²) in [5.41, 5.74) is 2.93. The van der Waals surface area contributed by atoms with Crippen molar-refractivity contribution in [2.75, 3.05) is 5.32 Å². The third kappa shape index (κ3) is 6.15. The number of benzene rings is 2. The second-order valence-corrected chi connectivity index (χ2v) is 7.09. The first-order valence-electron chi connectivity index (χ1n) is 10.4. The third-order valence-corrected chi connectivity index (χ3v) is 4.88. The Morgan fingerprint density at radius 1 is 0.968 bits per heavy atom. The molecule has 0 saturated carbocycles. The van der Waals surface area contributed by atoms with Crippen molar-refractivity contribution in [2.24, 2.45) is 0 Å². The number of pyridine rings is 1. The normalized spacial score (nSPS) is 11.4. The van der Waals surface area contributed by atoms with Crippen molar-refractivity contribution in [3.05, 3.63) is 89.7 Å². The van der Waals surface area contributed by atoms with Gasteiger partial charge in [0.25, 0.3) is 11.8 Å². The van der Waals surface area contributed by atoms with Crippen LogP contribution in [0.25, 0.3) is 0 Å². The number of carbonyl (C=O) groups is 2. The number of nitrogens with one attached hydrogen (secondary N) is 2. The second kappa shape index (κ2) is 10.9. The van der Waals surface area contributed by atoms with Crippen molar-refractivity contribution >= 4 is 17.5 Å². The zero-order valence-electron chi connectivity index (χ0n) is 17.8. The van der Waals surface area contributed by atoms with Crippen molar-refractivity contribution in [3.63, 3.8) is 0 Å². The number of anilines is 1. The summed E-state index contributed by atoms with van der Waals surface area (Å²) in [5, 5.41) is 5.71. The molecule has 0 aliphatic carbocycles. The minimum Gasteiger partial charge on any atom is -0.481 e. The summed E-state index contributed by atoms with van der Waals surface area (Å²) in [7, 11) is 0. The molecule has 0 aliphatic heterocycles. The van der Waals surface area contributed by atoms with Crippen LogP contribution in [0.4, 0.5) is 5.69 Å². The number of para-hydroxylation sites is 1. The van der Waals surface area contributed by atoms with Crippen LogP contribution in [0.3, 0.4) is 0 Å². The fourth-order valence-electron chi connectivity index (χ4n) is 3.07. The van der Waals surface area contributed by atoms with Gasteiger partial charge in [0.05, 0.1) is 11.3 Å². The molecule has 0 saturated heterocycles. The van der Waals surface area contributed by atoms with Gasteiger partial charge in [0.2, 0.25) is 0 Å². The molecule has 1 atom stereocenters. The molecule has 2 amide bonds. The molecule has 6 heteroatoms. The second-order valence-electron chi connectivity index (χ2n) is 7.09. The van der Waals surface area contributed by atoms with Gasteiger partial charge in [-0.25, -0.2) is 0 Å². The van der Waals surface area contributed by atoms with E-state index in [1.54, 1.807) is 36.7 Å². The summed E-state index contributed by atoms with van der Waals surface area (Å²) < 4.78 is 5.88. The number of aryl methyl sites for hydroxylation is 1. The van der Waals surface area contributed by atoms with Gasteiger partial charge < -0.3 is 15.4 Å². The van der Waals surface area contributed by atoms with Crippen LogP contribution in [-0.2, 0) is 17.8 Å². The van der Waals surface area contributed by atoms with Gasteiger partial charge in [-0.05, 0) is 54.3 Å². The van der Waals surface area contributed by atoms with Crippen LogP contribution >= 0.6 is 0 Å². The molecule has 2 N–H and O–H groups in total. The molecule has 6 nitrogen and oxygen atoms in total. The molecule has 0 fully saturated rings. The SMILES string of the molecule is CCc1ccc(O[C@@H](CC)C(=O)Nc2ccccc2C(=O)NCc2cccnc2)cc1. The highest BCUT2D eigenvalue weighted by atomic mass is 16.5. The molecule has 3 rings (SSSR count). The third-order valence-electron chi connectivity index (χ3n) is 4.88. The molecule has 0 spiro atoms. The van der Waals surface area contributed by atoms with E-state index in [1.165, 1.54) is 5.56 Å². The summed E-state index contributed by atoms with van der Waals surface area (Å²) >= 11 is 0. The molecular formula is C25H27N3O3. The van der Waals surface area contributed by atoms with Crippen molar-refractivity contribution in [1.29, 1.82) is 0 Å². The first-order valence-corrected chi connectivity index (χ1v) is 10.4. The summed E-state index contributed by atoms with van der Waals surface area (Å²) in [6.45, 7) is 4.32. The van der Waals surface area contributed by atoms with Gasteiger partial charge in [-0.2, -0.15) is 0 Å². The maximum atomic E-state index is 12.8. The Morgan fingerprint density at radius 2 is 1.74 bits per heavy atom. The van der Waals surface area contributed by atoms with E-state index in [4.69, 9.17) is 4.74 Å². The standard InChI is InChI=1S/C25H27N3O3/c1-3-18-11-13-20(14-12-18)31-23(4-2)25(30)28-22-10-6-5-9-21(22)24(29)27-17-19-8-7-15-26-16-19/h5-16,23H,3-4,17H2,1-2H3,(H,27,29)(H,28,30)/t23-/m0/s1. The average Bonchev–Trinajstić information content (AvgIpc) is 2.82. The lowest BCUT2D eigenvalue weighted by Gasteiger charge is -2.18. The topological polar surface area (TPSA) is 80.3 Å². The highest BCUT2D eigenvalue weighted by molar-refractivity contribution is 6.04. The predicted molar refractivity (Wildman–Crippen MR) is 121 cm³/mol. The summed E-state index contributed by atoms with van der Waals surface area (Å²) in [5.74, 6) is 0.0696. The lowest BCUT2D eigenvalue weighted by molar-refractivity contribution is -0.122. The van der Waals surface area contributed by atoms with Crippen LogP contribution in [0.1, 0.15) is 41.8 Å². The van der Waals surface area contributed by atoms with Crippen molar-refractivity contribution < 1.29 is 14.3 Å². The highest BCUT2D eigenvalue weighted by Gasteiger charge is 2.21. The first-order chi connectivity index (χ1) is 15.1. The molecule has 31 heavy (non-hydrogen) atoms. The molecular weight excluding hydrogens is 390 g/mol. The fourth-order valence-corrected chi connectivity index (χ4v) is 3.07. The van der Waals surface area contributed by atoms with Crippen LogP contribution in [-0.4, -0.2) is 22.9 Å². The van der Waals surface area contributed by atoms with E-state index in [2.05, 4.69) is 22.5 Å². The minimum absolute atomic E-state index is 0.274. The van der Waals surface area contributed by atoms with E-state index in [1.807, 2.05) is 43.3 Å². The van der Waals surface area contributed by atoms with E-state index < -0.39 is 6.10 Å². The largest absolute Gasteiger partial charge is 0.481 e. The molecule has 0 radical (unpaired) electrons. The first kappa shape index (κ1) is 22.0. The van der Waals surface area contributed by atoms with Crippen molar-refractivity contribution in [2.45, 2.75) is 39.3 Å². The number of amides is 2. The van der Waals surface area contributed by atoms with Crippen LogP contribution in [0.15, 0.2) is 73.1 Å². The number of aromatic nitrogens is 1. The van der Waals surface area contributed by atoms with Crippen molar-refractivity contribution in [3.8, 4) is 5.75 Å². The molecule has 0 aliphatic rings. The quantitative estimate of drug-likeness (QED) is 0.542. The summed E-state index contributed by atoms with van der Waals surface area (Å²) in [6, 6.07) is 18.3. The van der Waals surface area contributed by atoms with E-state index in [9.17, 15) is 9.59 Å². The Bertz CT molecular complexity index is 1000. The summed E-state index contributed by atoms with van der Waals surface area (Å²) in [6.07, 6.45) is 4.15. The Kier molecular flexibility index (Phi) is 7.76. The Balaban J connectivity index is 1.66. The van der Waals surface area contributed by atoms with E-state index >= 15 is 0 Å². The monoisotopic (exact) mass is 417 g/mol. The number of hydrogen-bond donors (Lipinski definition) is 2. The number of hydrogen-bond acceptors (Lipinski definition) is 4. The molecule has 0 unspecified atom stereocenters. The Labute approximate surface area is 182 Å². The molecule has 0 bridgehead atoms. The maximum Gasteiger partial charge on any atom is 0.265 e. The average molecular weight is 418 g/mol. The Hall–Kier alpha value is -3.67. The van der Waals surface area contributed by atoms with Gasteiger partial charge in [0.1, 0.15) is 5.75 Å². The van der Waals surface area contributed by atoms with Gasteiger partial charge in [-0.1, -0.05) is 44.2 Å². The smallest absolute Gasteiger partial charge is 0.265 e. The van der Waals surface area contributed by atoms with Crippen LogP contribution in [0.2, 0.25) is 0 Å². The maximum absolute atomic E-state index is 12.8. The Morgan fingerprint density at radius 3 is 2.42 bits per heavy atom. The zero-order chi connectivity index (χ0) is 22.1. The predicted octanol–water partition coefficient (Wildman–Crippen LogP) is 4.37. The molecule has 3 aromatic rings. The molecule has 2 aromatic carbocycles. The van der Waals surface area contributed by atoms with Gasteiger partial charge in [-0.3, -0.25) is 14.6 Å². The molecule has 1 aromatic heterocycles. The number of carbonyl (C=O) groups excluding carboxylic acids is 2.